The van der Waals surface area contributed by atoms with Crippen LogP contribution in [0.15, 0.2) is 46.7 Å². The summed E-state index contributed by atoms with van der Waals surface area (Å²) >= 11 is 1.63. The van der Waals surface area contributed by atoms with Crippen molar-refractivity contribution in [3.05, 3.63) is 51.8 Å². The highest BCUT2D eigenvalue weighted by atomic mass is 32.1. The van der Waals surface area contributed by atoms with Gasteiger partial charge in [0.1, 0.15) is 0 Å². The minimum atomic E-state index is 0.907. The van der Waals surface area contributed by atoms with Gasteiger partial charge in [0.05, 0.1) is 6.21 Å². The molecule has 3 nitrogen and oxygen atoms in total. The molecule has 0 aliphatic rings. The average molecular weight is 231 g/mol. The fourth-order valence-electron chi connectivity index (χ4n) is 1.35. The molecule has 0 aliphatic heterocycles. The summed E-state index contributed by atoms with van der Waals surface area (Å²) in [7, 11) is 1.97. The Bertz CT molecular complexity index is 549. The first-order valence-corrected chi connectivity index (χ1v) is 5.82. The monoisotopic (exact) mass is 231 g/mol. The molecule has 0 fully saturated rings. The molecule has 2 aromatic rings. The van der Waals surface area contributed by atoms with Gasteiger partial charge in [-0.1, -0.05) is 30.3 Å². The molecule has 0 saturated heterocycles. The van der Waals surface area contributed by atoms with Gasteiger partial charge in [-0.05, 0) is 12.5 Å². The van der Waals surface area contributed by atoms with E-state index in [0.29, 0.717) is 0 Å². The standard InChI is InChI=1S/C12H13N3S/c1-10-9-15(2)12(16-10)14-13-8-11-6-4-3-5-7-11/h3-9H,1-2H3/b13-8+,14-12-. The number of hydrogen-bond acceptors (Lipinski definition) is 3. The van der Waals surface area contributed by atoms with Crippen LogP contribution in [0.4, 0.5) is 0 Å². The van der Waals surface area contributed by atoms with E-state index in [1.165, 1.54) is 4.88 Å². The molecule has 0 N–H and O–H groups in total. The molecular weight excluding hydrogens is 218 g/mol. The molecular formula is C12H13N3S. The minimum absolute atomic E-state index is 0.907. The lowest BCUT2D eigenvalue weighted by molar-refractivity contribution is 0.853. The van der Waals surface area contributed by atoms with E-state index in [2.05, 4.69) is 17.1 Å². The lowest BCUT2D eigenvalue weighted by Gasteiger charge is -1.88. The molecule has 0 spiro atoms. The van der Waals surface area contributed by atoms with Gasteiger partial charge in [-0.3, -0.25) is 0 Å². The first-order valence-electron chi connectivity index (χ1n) is 5.01. The van der Waals surface area contributed by atoms with Crippen LogP contribution in [0.3, 0.4) is 0 Å². The lowest BCUT2D eigenvalue weighted by atomic mass is 10.2. The molecule has 2 rings (SSSR count). The van der Waals surface area contributed by atoms with Crippen LogP contribution >= 0.6 is 11.3 Å². The molecule has 1 heterocycles. The Labute approximate surface area is 98.4 Å². The molecule has 0 bridgehead atoms. The maximum atomic E-state index is 4.17. The summed E-state index contributed by atoms with van der Waals surface area (Å²) < 4.78 is 1.97. The minimum Gasteiger partial charge on any atom is -0.325 e. The van der Waals surface area contributed by atoms with Crippen molar-refractivity contribution >= 4 is 17.6 Å². The van der Waals surface area contributed by atoms with Gasteiger partial charge in [0, 0.05) is 18.1 Å². The molecule has 0 unspecified atom stereocenters. The first-order chi connectivity index (χ1) is 7.75. The van der Waals surface area contributed by atoms with E-state index in [0.717, 1.165) is 10.4 Å². The Morgan fingerprint density at radius 3 is 2.62 bits per heavy atom. The smallest absolute Gasteiger partial charge is 0.210 e. The molecule has 0 atom stereocenters. The molecule has 4 heteroatoms. The normalized spacial score (nSPS) is 12.5. The number of thiazole rings is 1. The van der Waals surface area contributed by atoms with Crippen molar-refractivity contribution in [2.24, 2.45) is 17.3 Å². The Kier molecular flexibility index (Phi) is 3.31. The fourth-order valence-corrected chi connectivity index (χ4v) is 2.13. The van der Waals surface area contributed by atoms with Gasteiger partial charge in [-0.15, -0.1) is 16.4 Å². The first kappa shape index (κ1) is 10.8. The summed E-state index contributed by atoms with van der Waals surface area (Å²) in [6.45, 7) is 2.06. The van der Waals surface area contributed by atoms with Crippen LogP contribution in [-0.4, -0.2) is 10.8 Å². The Balaban J connectivity index is 2.21. The van der Waals surface area contributed by atoms with Crippen LogP contribution in [0.25, 0.3) is 0 Å². The van der Waals surface area contributed by atoms with Crippen LogP contribution < -0.4 is 4.80 Å². The van der Waals surface area contributed by atoms with Gasteiger partial charge < -0.3 is 4.57 Å². The van der Waals surface area contributed by atoms with Gasteiger partial charge in [-0.2, -0.15) is 5.10 Å². The average Bonchev–Trinajstić information content (AvgIpc) is 2.59. The fraction of sp³-hybridized carbons (Fsp3) is 0.167. The third-order valence-electron chi connectivity index (χ3n) is 2.08. The van der Waals surface area contributed by atoms with Crippen LogP contribution in [-0.2, 0) is 7.05 Å². The zero-order valence-corrected chi connectivity index (χ0v) is 10.1. The van der Waals surface area contributed by atoms with Crippen LogP contribution in [0.2, 0.25) is 0 Å². The van der Waals surface area contributed by atoms with Gasteiger partial charge in [0.25, 0.3) is 0 Å². The van der Waals surface area contributed by atoms with Crippen molar-refractivity contribution in [2.45, 2.75) is 6.92 Å². The van der Waals surface area contributed by atoms with Crippen molar-refractivity contribution in [1.29, 1.82) is 0 Å². The zero-order chi connectivity index (χ0) is 11.4. The van der Waals surface area contributed by atoms with Crippen molar-refractivity contribution < 1.29 is 0 Å². The second-order valence-electron chi connectivity index (χ2n) is 3.49. The number of aromatic nitrogens is 1. The van der Waals surface area contributed by atoms with E-state index >= 15 is 0 Å². The van der Waals surface area contributed by atoms with Gasteiger partial charge in [0.15, 0.2) is 0 Å². The summed E-state index contributed by atoms with van der Waals surface area (Å²) in [5.41, 5.74) is 1.06. The molecule has 1 aromatic carbocycles. The van der Waals surface area contributed by atoms with E-state index < -0.39 is 0 Å². The zero-order valence-electron chi connectivity index (χ0n) is 9.29. The summed E-state index contributed by atoms with van der Waals surface area (Å²) in [5, 5.41) is 8.25. The van der Waals surface area contributed by atoms with E-state index in [1.54, 1.807) is 17.6 Å². The van der Waals surface area contributed by atoms with E-state index in [1.807, 2.05) is 48.1 Å². The Morgan fingerprint density at radius 2 is 2.00 bits per heavy atom. The predicted octanol–water partition coefficient (Wildman–Crippen LogP) is 2.33. The predicted molar refractivity (Wildman–Crippen MR) is 67.6 cm³/mol. The lowest BCUT2D eigenvalue weighted by Crippen LogP contribution is -2.07. The SMILES string of the molecule is Cc1cn(C)/c(=N/N=C/c2ccccc2)s1. The van der Waals surface area contributed by atoms with E-state index in [4.69, 9.17) is 0 Å². The van der Waals surface area contributed by atoms with Crippen molar-refractivity contribution in [2.75, 3.05) is 0 Å². The van der Waals surface area contributed by atoms with E-state index in [9.17, 15) is 0 Å². The van der Waals surface area contributed by atoms with Crippen molar-refractivity contribution in [3.8, 4) is 0 Å². The summed E-state index contributed by atoms with van der Waals surface area (Å²) in [4.78, 5) is 2.14. The maximum Gasteiger partial charge on any atom is 0.210 e. The molecule has 0 aliphatic carbocycles. The molecule has 0 saturated carbocycles. The largest absolute Gasteiger partial charge is 0.325 e. The third-order valence-corrected chi connectivity index (χ3v) is 3.06. The number of nitrogens with zero attached hydrogens (tertiary/aromatic N) is 3. The second-order valence-corrected chi connectivity index (χ2v) is 4.70. The number of benzene rings is 1. The van der Waals surface area contributed by atoms with E-state index in [-0.39, 0.29) is 0 Å². The molecule has 0 amide bonds. The second kappa shape index (κ2) is 4.90. The highest BCUT2D eigenvalue weighted by molar-refractivity contribution is 7.09. The molecule has 1 aromatic heterocycles. The molecule has 16 heavy (non-hydrogen) atoms. The Hall–Kier alpha value is -1.68. The maximum absolute atomic E-state index is 4.17. The number of rotatable bonds is 2. The van der Waals surface area contributed by atoms with Crippen LogP contribution in [0, 0.1) is 6.92 Å². The van der Waals surface area contributed by atoms with Gasteiger partial charge in [0.2, 0.25) is 4.80 Å². The topological polar surface area (TPSA) is 29.6 Å². The summed E-state index contributed by atoms with van der Waals surface area (Å²) in [6.07, 6.45) is 3.80. The van der Waals surface area contributed by atoms with Crippen LogP contribution in [0.1, 0.15) is 10.4 Å². The summed E-state index contributed by atoms with van der Waals surface area (Å²) in [6, 6.07) is 9.95. The highest BCUT2D eigenvalue weighted by Crippen LogP contribution is 1.99. The third kappa shape index (κ3) is 2.67. The number of hydrogen-bond donors (Lipinski definition) is 0. The van der Waals surface area contributed by atoms with Crippen molar-refractivity contribution in [1.82, 2.24) is 4.57 Å². The molecule has 0 radical (unpaired) electrons. The van der Waals surface area contributed by atoms with Gasteiger partial charge in [-0.25, -0.2) is 0 Å². The highest BCUT2D eigenvalue weighted by Gasteiger charge is 1.92. The van der Waals surface area contributed by atoms with Crippen molar-refractivity contribution in [3.63, 3.8) is 0 Å². The number of aryl methyl sites for hydroxylation is 2. The van der Waals surface area contributed by atoms with Gasteiger partial charge >= 0.3 is 0 Å². The van der Waals surface area contributed by atoms with Crippen LogP contribution in [0.5, 0.6) is 0 Å². The Morgan fingerprint density at radius 1 is 1.25 bits per heavy atom. The quantitative estimate of drug-likeness (QED) is 0.561. The molecule has 82 valence electrons. The summed E-state index contributed by atoms with van der Waals surface area (Å²) in [5.74, 6) is 0.